The predicted octanol–water partition coefficient (Wildman–Crippen LogP) is 2.41. The Balaban J connectivity index is 2.19. The molecule has 1 N–H and O–H groups in total. The first-order valence-corrected chi connectivity index (χ1v) is 5.77. The topological polar surface area (TPSA) is 42.0 Å². The van der Waals surface area contributed by atoms with Crippen LogP contribution in [0.1, 0.15) is 10.6 Å². The van der Waals surface area contributed by atoms with E-state index in [0.717, 1.165) is 20.8 Å². The van der Waals surface area contributed by atoms with Gasteiger partial charge in [0.1, 0.15) is 0 Å². The number of amides is 1. The third-order valence-corrected chi connectivity index (χ3v) is 3.15. The number of nitrogens with one attached hydrogen (secondary N) is 1. The second kappa shape index (κ2) is 4.45. The molecule has 0 spiro atoms. The fraction of sp³-hybridized carbons (Fsp3) is 0.167. The largest absolute Gasteiger partial charge is 0.348 e. The monoisotopic (exact) mass is 232 g/mol. The Morgan fingerprint density at radius 2 is 2.44 bits per heavy atom. The summed E-state index contributed by atoms with van der Waals surface area (Å²) in [4.78, 5) is 15.4. The van der Waals surface area contributed by atoms with Crippen molar-refractivity contribution in [2.45, 2.75) is 13.5 Å². The van der Waals surface area contributed by atoms with E-state index in [1.54, 1.807) is 11.3 Å². The van der Waals surface area contributed by atoms with E-state index in [9.17, 15) is 4.79 Å². The molecule has 1 aromatic carbocycles. The van der Waals surface area contributed by atoms with Crippen molar-refractivity contribution in [1.29, 1.82) is 0 Å². The van der Waals surface area contributed by atoms with Crippen LogP contribution in [0, 0.1) is 6.92 Å². The van der Waals surface area contributed by atoms with Crippen molar-refractivity contribution in [2.75, 3.05) is 0 Å². The Labute approximate surface area is 97.8 Å². The standard InChI is InChI=1S/C12H12N2OS/c1-3-12(15)13-7-9-4-5-10-11(6-9)16-8(2)14-10/h3-6H,1,7H2,2H3,(H,13,15). The maximum Gasteiger partial charge on any atom is 0.243 e. The van der Waals surface area contributed by atoms with E-state index in [4.69, 9.17) is 0 Å². The van der Waals surface area contributed by atoms with E-state index in [0.29, 0.717) is 6.54 Å². The summed E-state index contributed by atoms with van der Waals surface area (Å²) in [7, 11) is 0. The minimum absolute atomic E-state index is 0.152. The third kappa shape index (κ3) is 2.28. The van der Waals surface area contributed by atoms with Crippen molar-refractivity contribution >= 4 is 27.5 Å². The van der Waals surface area contributed by atoms with Gasteiger partial charge in [-0.15, -0.1) is 11.3 Å². The lowest BCUT2D eigenvalue weighted by molar-refractivity contribution is -0.116. The van der Waals surface area contributed by atoms with Gasteiger partial charge in [0, 0.05) is 6.54 Å². The third-order valence-electron chi connectivity index (χ3n) is 2.21. The summed E-state index contributed by atoms with van der Waals surface area (Å²) in [6.07, 6.45) is 1.27. The molecule has 0 atom stereocenters. The van der Waals surface area contributed by atoms with Crippen LogP contribution in [0.4, 0.5) is 0 Å². The highest BCUT2D eigenvalue weighted by Gasteiger charge is 2.02. The molecule has 1 aromatic heterocycles. The van der Waals surface area contributed by atoms with E-state index in [2.05, 4.69) is 22.9 Å². The molecule has 0 unspecified atom stereocenters. The van der Waals surface area contributed by atoms with Crippen LogP contribution in [0.15, 0.2) is 30.9 Å². The molecule has 0 aliphatic rings. The summed E-state index contributed by atoms with van der Waals surface area (Å²) >= 11 is 1.66. The molecule has 1 amide bonds. The Hall–Kier alpha value is -1.68. The van der Waals surface area contributed by atoms with Gasteiger partial charge in [-0.25, -0.2) is 4.98 Å². The number of carbonyl (C=O) groups excluding carboxylic acids is 1. The number of benzene rings is 1. The van der Waals surface area contributed by atoms with Gasteiger partial charge in [-0.05, 0) is 30.7 Å². The van der Waals surface area contributed by atoms with Gasteiger partial charge < -0.3 is 5.32 Å². The summed E-state index contributed by atoms with van der Waals surface area (Å²) in [5, 5.41) is 3.81. The van der Waals surface area contributed by atoms with Crippen LogP contribution >= 0.6 is 11.3 Å². The zero-order chi connectivity index (χ0) is 11.5. The van der Waals surface area contributed by atoms with Crippen LogP contribution in [0.5, 0.6) is 0 Å². The molecule has 0 aliphatic carbocycles. The van der Waals surface area contributed by atoms with Crippen molar-refractivity contribution in [3.05, 3.63) is 41.4 Å². The number of thiazole rings is 1. The average Bonchev–Trinajstić information content (AvgIpc) is 2.65. The second-order valence-electron chi connectivity index (χ2n) is 3.46. The number of fused-ring (bicyclic) bond motifs is 1. The first-order valence-electron chi connectivity index (χ1n) is 4.95. The molecule has 3 nitrogen and oxygen atoms in total. The summed E-state index contributed by atoms with van der Waals surface area (Å²) in [6.45, 7) is 5.92. The minimum Gasteiger partial charge on any atom is -0.348 e. The van der Waals surface area contributed by atoms with Crippen LogP contribution in [0.2, 0.25) is 0 Å². The van der Waals surface area contributed by atoms with Gasteiger partial charge in [0.15, 0.2) is 0 Å². The molecular weight excluding hydrogens is 220 g/mol. The molecule has 2 aromatic rings. The van der Waals surface area contributed by atoms with Gasteiger partial charge in [0.05, 0.1) is 15.2 Å². The number of hydrogen-bond acceptors (Lipinski definition) is 3. The summed E-state index contributed by atoms with van der Waals surface area (Å²) in [5.74, 6) is -0.152. The van der Waals surface area contributed by atoms with Crippen molar-refractivity contribution < 1.29 is 4.79 Å². The Bertz CT molecular complexity index is 545. The van der Waals surface area contributed by atoms with Gasteiger partial charge in [-0.1, -0.05) is 12.6 Å². The SMILES string of the molecule is C=CC(=O)NCc1ccc2nc(C)sc2c1. The molecule has 16 heavy (non-hydrogen) atoms. The average molecular weight is 232 g/mol. The minimum atomic E-state index is -0.152. The number of aryl methyl sites for hydroxylation is 1. The van der Waals surface area contributed by atoms with Crippen LogP contribution < -0.4 is 5.32 Å². The molecule has 0 fully saturated rings. The highest BCUT2D eigenvalue weighted by Crippen LogP contribution is 2.22. The molecule has 0 saturated heterocycles. The summed E-state index contributed by atoms with van der Waals surface area (Å²) in [5.41, 5.74) is 2.09. The normalized spacial score (nSPS) is 10.3. The number of nitrogens with zero attached hydrogens (tertiary/aromatic N) is 1. The summed E-state index contributed by atoms with van der Waals surface area (Å²) in [6, 6.07) is 6.02. The van der Waals surface area contributed by atoms with E-state index in [1.165, 1.54) is 6.08 Å². The maximum absolute atomic E-state index is 11.0. The Kier molecular flexibility index (Phi) is 3.01. The molecule has 0 aliphatic heterocycles. The highest BCUT2D eigenvalue weighted by molar-refractivity contribution is 7.18. The van der Waals surface area contributed by atoms with Gasteiger partial charge in [-0.2, -0.15) is 0 Å². The lowest BCUT2D eigenvalue weighted by Crippen LogP contribution is -2.19. The number of rotatable bonds is 3. The van der Waals surface area contributed by atoms with Gasteiger partial charge >= 0.3 is 0 Å². The van der Waals surface area contributed by atoms with Gasteiger partial charge in [0.2, 0.25) is 5.91 Å². The molecule has 0 radical (unpaired) electrons. The van der Waals surface area contributed by atoms with E-state index in [-0.39, 0.29) is 5.91 Å². The number of carbonyl (C=O) groups is 1. The van der Waals surface area contributed by atoms with Crippen LogP contribution in [0.25, 0.3) is 10.2 Å². The first kappa shape index (κ1) is 10.8. The van der Waals surface area contributed by atoms with Crippen molar-refractivity contribution in [3.63, 3.8) is 0 Å². The smallest absolute Gasteiger partial charge is 0.243 e. The molecule has 4 heteroatoms. The van der Waals surface area contributed by atoms with E-state index in [1.807, 2.05) is 19.1 Å². The van der Waals surface area contributed by atoms with Crippen molar-refractivity contribution in [1.82, 2.24) is 10.3 Å². The highest BCUT2D eigenvalue weighted by atomic mass is 32.1. The fourth-order valence-corrected chi connectivity index (χ4v) is 2.35. The van der Waals surface area contributed by atoms with Crippen molar-refractivity contribution in [2.24, 2.45) is 0 Å². The lowest BCUT2D eigenvalue weighted by Gasteiger charge is -2.01. The van der Waals surface area contributed by atoms with E-state index < -0.39 is 0 Å². The number of aromatic nitrogens is 1. The lowest BCUT2D eigenvalue weighted by atomic mass is 10.2. The predicted molar refractivity (Wildman–Crippen MR) is 66.4 cm³/mol. The Morgan fingerprint density at radius 3 is 3.19 bits per heavy atom. The molecule has 1 heterocycles. The molecule has 0 saturated carbocycles. The second-order valence-corrected chi connectivity index (χ2v) is 4.69. The van der Waals surface area contributed by atoms with Gasteiger partial charge in [0.25, 0.3) is 0 Å². The zero-order valence-electron chi connectivity index (χ0n) is 8.99. The van der Waals surface area contributed by atoms with E-state index >= 15 is 0 Å². The molecule has 0 bridgehead atoms. The molecular formula is C12H12N2OS. The maximum atomic E-state index is 11.0. The fourth-order valence-electron chi connectivity index (χ4n) is 1.46. The van der Waals surface area contributed by atoms with Crippen LogP contribution in [0.3, 0.4) is 0 Å². The first-order chi connectivity index (χ1) is 7.69. The van der Waals surface area contributed by atoms with Crippen molar-refractivity contribution in [3.8, 4) is 0 Å². The van der Waals surface area contributed by atoms with Crippen LogP contribution in [-0.4, -0.2) is 10.9 Å². The summed E-state index contributed by atoms with van der Waals surface area (Å²) < 4.78 is 1.16. The van der Waals surface area contributed by atoms with Gasteiger partial charge in [-0.3, -0.25) is 4.79 Å². The Morgan fingerprint density at radius 1 is 1.62 bits per heavy atom. The van der Waals surface area contributed by atoms with Crippen LogP contribution in [-0.2, 0) is 11.3 Å². The molecule has 2 rings (SSSR count). The number of hydrogen-bond donors (Lipinski definition) is 1. The molecule has 82 valence electrons. The zero-order valence-corrected chi connectivity index (χ0v) is 9.80. The quantitative estimate of drug-likeness (QED) is 0.826.